The van der Waals surface area contributed by atoms with Gasteiger partial charge in [0.15, 0.2) is 0 Å². The van der Waals surface area contributed by atoms with Crippen molar-refractivity contribution in [3.05, 3.63) is 52.1 Å². The van der Waals surface area contributed by atoms with Crippen LogP contribution in [-0.2, 0) is 6.61 Å². The van der Waals surface area contributed by atoms with Gasteiger partial charge in [0.2, 0.25) is 5.88 Å². The average molecular weight is 293 g/mol. The van der Waals surface area contributed by atoms with Crippen LogP contribution in [-0.4, -0.2) is 4.98 Å². The molecule has 2 N–H and O–H groups in total. The minimum absolute atomic E-state index is 0.458. The van der Waals surface area contributed by atoms with Gasteiger partial charge in [-0.1, -0.05) is 28.1 Å². The maximum absolute atomic E-state index is 5.79. The molecule has 0 spiro atoms. The van der Waals surface area contributed by atoms with Crippen molar-refractivity contribution in [2.75, 3.05) is 5.73 Å². The number of anilines is 1. The second-order valence-electron chi connectivity index (χ2n) is 3.77. The molecule has 0 unspecified atom stereocenters. The van der Waals surface area contributed by atoms with Crippen molar-refractivity contribution in [2.24, 2.45) is 0 Å². The lowest BCUT2D eigenvalue weighted by atomic mass is 10.2. The third kappa shape index (κ3) is 3.20. The molecule has 2 aromatic rings. The summed E-state index contributed by atoms with van der Waals surface area (Å²) in [5.74, 6) is 0.491. The van der Waals surface area contributed by atoms with E-state index in [0.717, 1.165) is 15.7 Å². The first-order valence-corrected chi connectivity index (χ1v) is 6.05. The van der Waals surface area contributed by atoms with E-state index in [1.807, 2.05) is 37.3 Å². The normalized spacial score (nSPS) is 10.2. The van der Waals surface area contributed by atoms with Gasteiger partial charge in [0.05, 0.1) is 5.69 Å². The lowest BCUT2D eigenvalue weighted by Crippen LogP contribution is -2.01. The fourth-order valence-corrected chi connectivity index (χ4v) is 1.88. The Bertz CT molecular complexity index is 529. The van der Waals surface area contributed by atoms with Gasteiger partial charge >= 0.3 is 0 Å². The lowest BCUT2D eigenvalue weighted by Gasteiger charge is -2.08. The largest absolute Gasteiger partial charge is 0.471 e. The third-order valence-electron chi connectivity index (χ3n) is 2.29. The van der Waals surface area contributed by atoms with Crippen molar-refractivity contribution in [2.45, 2.75) is 13.5 Å². The second kappa shape index (κ2) is 5.19. The number of halogens is 1. The van der Waals surface area contributed by atoms with Gasteiger partial charge < -0.3 is 10.5 Å². The highest BCUT2D eigenvalue weighted by Crippen LogP contribution is 2.20. The van der Waals surface area contributed by atoms with Crippen LogP contribution >= 0.6 is 15.9 Å². The van der Waals surface area contributed by atoms with Gasteiger partial charge in [0, 0.05) is 10.2 Å². The first-order valence-electron chi connectivity index (χ1n) is 5.25. The average Bonchev–Trinajstić information content (AvgIpc) is 2.30. The van der Waals surface area contributed by atoms with Gasteiger partial charge in [-0.2, -0.15) is 0 Å². The predicted molar refractivity (Wildman–Crippen MR) is 71.9 cm³/mol. The Morgan fingerprint density at radius 1 is 1.29 bits per heavy atom. The van der Waals surface area contributed by atoms with E-state index in [0.29, 0.717) is 18.2 Å². The summed E-state index contributed by atoms with van der Waals surface area (Å²) in [6.45, 7) is 2.37. The summed E-state index contributed by atoms with van der Waals surface area (Å²) in [5, 5.41) is 0. The van der Waals surface area contributed by atoms with Gasteiger partial charge in [0.25, 0.3) is 0 Å². The van der Waals surface area contributed by atoms with Gasteiger partial charge in [0.1, 0.15) is 6.61 Å². The molecule has 0 aliphatic heterocycles. The number of benzene rings is 1. The molecular weight excluding hydrogens is 280 g/mol. The summed E-state index contributed by atoms with van der Waals surface area (Å²) in [7, 11) is 0. The molecule has 0 bridgehead atoms. The van der Waals surface area contributed by atoms with Gasteiger partial charge in [-0.3, -0.25) is 0 Å². The van der Waals surface area contributed by atoms with Crippen LogP contribution in [0.2, 0.25) is 0 Å². The highest BCUT2D eigenvalue weighted by atomic mass is 79.9. The summed E-state index contributed by atoms with van der Waals surface area (Å²) < 4.78 is 6.63. The molecule has 88 valence electrons. The molecule has 0 aliphatic carbocycles. The third-order valence-corrected chi connectivity index (χ3v) is 2.79. The van der Waals surface area contributed by atoms with Crippen molar-refractivity contribution in [3.63, 3.8) is 0 Å². The number of pyridine rings is 1. The molecular formula is C13H13BrN2O. The van der Waals surface area contributed by atoms with Crippen molar-refractivity contribution >= 4 is 21.6 Å². The summed E-state index contributed by atoms with van der Waals surface area (Å²) in [6, 6.07) is 11.6. The zero-order chi connectivity index (χ0) is 12.3. The molecule has 0 radical (unpaired) electrons. The number of rotatable bonds is 3. The molecule has 17 heavy (non-hydrogen) atoms. The molecule has 1 aromatic heterocycles. The van der Waals surface area contributed by atoms with Crippen LogP contribution in [0.4, 0.5) is 5.69 Å². The number of nitrogens with two attached hydrogens (primary N) is 1. The molecule has 1 aromatic carbocycles. The zero-order valence-corrected chi connectivity index (χ0v) is 11.1. The Morgan fingerprint density at radius 2 is 2.12 bits per heavy atom. The molecule has 0 saturated heterocycles. The Labute approximate surface area is 109 Å². The molecule has 0 aliphatic rings. The van der Waals surface area contributed by atoms with Crippen molar-refractivity contribution in [1.82, 2.24) is 4.98 Å². The quantitative estimate of drug-likeness (QED) is 0.944. The monoisotopic (exact) mass is 292 g/mol. The number of hydrogen-bond donors (Lipinski definition) is 1. The number of nitrogens with zero attached hydrogens (tertiary/aromatic N) is 1. The van der Waals surface area contributed by atoms with Crippen molar-refractivity contribution in [1.29, 1.82) is 0 Å². The van der Waals surface area contributed by atoms with Crippen LogP contribution in [0.15, 0.2) is 40.9 Å². The van der Waals surface area contributed by atoms with Crippen molar-refractivity contribution in [3.8, 4) is 5.88 Å². The minimum Gasteiger partial charge on any atom is -0.471 e. The predicted octanol–water partition coefficient (Wildman–Crippen LogP) is 3.31. The van der Waals surface area contributed by atoms with E-state index in [2.05, 4.69) is 20.9 Å². The Balaban J connectivity index is 2.09. The topological polar surface area (TPSA) is 48.1 Å². The smallest absolute Gasteiger partial charge is 0.237 e. The van der Waals surface area contributed by atoms with E-state index in [1.54, 1.807) is 6.07 Å². The van der Waals surface area contributed by atoms with Crippen LogP contribution in [0, 0.1) is 6.92 Å². The fourth-order valence-electron chi connectivity index (χ4n) is 1.44. The summed E-state index contributed by atoms with van der Waals surface area (Å²) in [4.78, 5) is 4.25. The number of aryl methyl sites for hydroxylation is 1. The highest BCUT2D eigenvalue weighted by Gasteiger charge is 2.03. The SMILES string of the molecule is Cc1ccc(N)c(OCc2cccc(Br)c2)n1. The molecule has 0 atom stereocenters. The Kier molecular flexibility index (Phi) is 3.64. The molecule has 0 amide bonds. The van der Waals surface area contributed by atoms with E-state index in [1.165, 1.54) is 0 Å². The van der Waals surface area contributed by atoms with E-state index >= 15 is 0 Å². The van der Waals surface area contributed by atoms with Crippen LogP contribution < -0.4 is 10.5 Å². The molecule has 2 rings (SSSR count). The lowest BCUT2D eigenvalue weighted by molar-refractivity contribution is 0.295. The Morgan fingerprint density at radius 3 is 2.88 bits per heavy atom. The number of aromatic nitrogens is 1. The maximum Gasteiger partial charge on any atom is 0.237 e. The van der Waals surface area contributed by atoms with E-state index in [4.69, 9.17) is 10.5 Å². The fraction of sp³-hybridized carbons (Fsp3) is 0.154. The van der Waals surface area contributed by atoms with Crippen LogP contribution in [0.25, 0.3) is 0 Å². The van der Waals surface area contributed by atoms with Crippen LogP contribution in [0.3, 0.4) is 0 Å². The summed E-state index contributed by atoms with van der Waals surface area (Å²) >= 11 is 3.42. The maximum atomic E-state index is 5.79. The van der Waals surface area contributed by atoms with Crippen LogP contribution in [0.1, 0.15) is 11.3 Å². The van der Waals surface area contributed by atoms with Gasteiger partial charge in [-0.15, -0.1) is 0 Å². The number of ether oxygens (including phenoxy) is 1. The number of nitrogen functional groups attached to an aromatic ring is 1. The molecule has 0 fully saturated rings. The summed E-state index contributed by atoms with van der Waals surface area (Å²) in [6.07, 6.45) is 0. The van der Waals surface area contributed by atoms with Crippen molar-refractivity contribution < 1.29 is 4.74 Å². The first-order chi connectivity index (χ1) is 8.15. The van der Waals surface area contributed by atoms with E-state index in [-0.39, 0.29) is 0 Å². The minimum atomic E-state index is 0.458. The number of hydrogen-bond acceptors (Lipinski definition) is 3. The molecule has 0 saturated carbocycles. The van der Waals surface area contributed by atoms with Crippen LogP contribution in [0.5, 0.6) is 5.88 Å². The zero-order valence-electron chi connectivity index (χ0n) is 9.48. The molecule has 4 heteroatoms. The Hall–Kier alpha value is -1.55. The molecule has 3 nitrogen and oxygen atoms in total. The summed E-state index contributed by atoms with van der Waals surface area (Å²) in [5.41, 5.74) is 8.31. The van der Waals surface area contributed by atoms with E-state index < -0.39 is 0 Å². The standard InChI is InChI=1S/C13H13BrN2O/c1-9-5-6-12(15)13(16-9)17-8-10-3-2-4-11(14)7-10/h2-7H,8,15H2,1H3. The van der Waals surface area contributed by atoms with E-state index in [9.17, 15) is 0 Å². The first kappa shape index (κ1) is 11.9. The second-order valence-corrected chi connectivity index (χ2v) is 4.68. The van der Waals surface area contributed by atoms with Gasteiger partial charge in [-0.25, -0.2) is 4.98 Å². The highest BCUT2D eigenvalue weighted by molar-refractivity contribution is 9.10. The molecule has 1 heterocycles. The van der Waals surface area contributed by atoms with Gasteiger partial charge in [-0.05, 0) is 36.8 Å².